The number of aryl methyl sites for hydroxylation is 2. The van der Waals surface area contributed by atoms with E-state index in [0.29, 0.717) is 0 Å². The lowest BCUT2D eigenvalue weighted by molar-refractivity contribution is 0.255. The van der Waals surface area contributed by atoms with Gasteiger partial charge in [-0.3, -0.25) is 10.7 Å². The van der Waals surface area contributed by atoms with Gasteiger partial charge in [-0.25, -0.2) is 4.79 Å². The Balaban J connectivity index is 0.00000264. The van der Waals surface area contributed by atoms with E-state index in [2.05, 4.69) is 28.1 Å². The first-order valence-electron chi connectivity index (χ1n) is 7.70. The monoisotopic (exact) mass is 336 g/mol. The Morgan fingerprint density at radius 1 is 1.22 bits per heavy atom. The van der Waals surface area contributed by atoms with Crippen LogP contribution in [0, 0.1) is 19.3 Å². The zero-order chi connectivity index (χ0) is 15.9. The molecule has 1 aromatic carbocycles. The Bertz CT molecular complexity index is 566. The van der Waals surface area contributed by atoms with Crippen LogP contribution in [0.1, 0.15) is 36.8 Å². The van der Waals surface area contributed by atoms with Crippen LogP contribution in [0.2, 0.25) is 0 Å². The molecule has 6 heteroatoms. The first-order valence-corrected chi connectivity index (χ1v) is 7.70. The molecule has 0 bridgehead atoms. The number of hydrogen-bond donors (Lipinski definition) is 4. The number of carbonyl (C=O) groups is 1. The summed E-state index contributed by atoms with van der Waals surface area (Å²) < 4.78 is 0. The van der Waals surface area contributed by atoms with Gasteiger partial charge in [0.05, 0.1) is 0 Å². The van der Waals surface area contributed by atoms with Crippen LogP contribution in [0.4, 0.5) is 10.5 Å². The molecule has 126 valence electrons. The normalized spacial score (nSPS) is 16.7. The lowest BCUT2D eigenvalue weighted by Crippen LogP contribution is -2.46. The van der Waals surface area contributed by atoms with Crippen LogP contribution in [0.3, 0.4) is 0 Å². The summed E-state index contributed by atoms with van der Waals surface area (Å²) in [5.74, 6) is 0.0454. The zero-order valence-electron chi connectivity index (χ0n) is 13.6. The van der Waals surface area contributed by atoms with Gasteiger partial charge >= 0.3 is 6.03 Å². The second-order valence-electron chi connectivity index (χ2n) is 5.70. The first kappa shape index (κ1) is 19.0. The molecule has 1 aromatic rings. The predicted octanol–water partition coefficient (Wildman–Crippen LogP) is 3.87. The van der Waals surface area contributed by atoms with E-state index in [1.165, 1.54) is 0 Å². The van der Waals surface area contributed by atoms with Gasteiger partial charge in [-0.05, 0) is 50.7 Å². The van der Waals surface area contributed by atoms with E-state index in [-0.39, 0.29) is 30.4 Å². The minimum atomic E-state index is -0.390. The van der Waals surface area contributed by atoms with Gasteiger partial charge in [-0.15, -0.1) is 12.4 Å². The Labute approximate surface area is 143 Å². The Kier molecular flexibility index (Phi) is 7.62. The summed E-state index contributed by atoms with van der Waals surface area (Å²) in [6, 6.07) is 5.68. The maximum atomic E-state index is 12.0. The molecule has 2 rings (SSSR count). The molecule has 1 unspecified atom stereocenters. The van der Waals surface area contributed by atoms with Crippen molar-refractivity contribution in [3.8, 4) is 0 Å². The Hall–Kier alpha value is -2.01. The van der Waals surface area contributed by atoms with Crippen LogP contribution >= 0.6 is 12.4 Å². The topological polar surface area (TPSA) is 77.0 Å². The molecule has 1 aliphatic carbocycles. The molecular formula is C17H25ClN4O. The molecule has 0 aliphatic heterocycles. The summed E-state index contributed by atoms with van der Waals surface area (Å²) in [7, 11) is 0. The highest BCUT2D eigenvalue weighted by molar-refractivity contribution is 6.02. The zero-order valence-corrected chi connectivity index (χ0v) is 14.4. The average Bonchev–Trinajstić information content (AvgIpc) is 2.71. The van der Waals surface area contributed by atoms with Crippen molar-refractivity contribution >= 4 is 30.1 Å². The molecule has 1 atom stereocenters. The van der Waals surface area contributed by atoms with E-state index in [4.69, 9.17) is 5.41 Å². The van der Waals surface area contributed by atoms with E-state index in [9.17, 15) is 4.79 Å². The van der Waals surface area contributed by atoms with Crippen molar-refractivity contribution in [3.05, 3.63) is 41.5 Å². The summed E-state index contributed by atoms with van der Waals surface area (Å²) >= 11 is 0. The highest BCUT2D eigenvalue weighted by Crippen LogP contribution is 2.19. The van der Waals surface area contributed by atoms with Gasteiger partial charge in [0.25, 0.3) is 0 Å². The van der Waals surface area contributed by atoms with Crippen molar-refractivity contribution < 1.29 is 4.79 Å². The van der Waals surface area contributed by atoms with Crippen LogP contribution in [0.15, 0.2) is 30.4 Å². The molecule has 4 N–H and O–H groups in total. The molecule has 0 saturated heterocycles. The third-order valence-electron chi connectivity index (χ3n) is 3.82. The van der Waals surface area contributed by atoms with Crippen LogP contribution in [0.25, 0.3) is 0 Å². The number of amides is 2. The van der Waals surface area contributed by atoms with Gasteiger partial charge in [0.1, 0.15) is 0 Å². The molecule has 0 radical (unpaired) electrons. The molecule has 2 amide bonds. The van der Waals surface area contributed by atoms with Crippen molar-refractivity contribution in [1.82, 2.24) is 10.6 Å². The maximum absolute atomic E-state index is 12.0. The lowest BCUT2D eigenvalue weighted by Gasteiger charge is -2.18. The standard InChI is InChI=1S/C17H24N4O.ClH/c1-12-8-7-9-13(2)15(12)20-17(22)21-16(18)19-14-10-5-3-4-6-11-14;/h3,5,7-9,14H,4,6,10-11H2,1-2H3,(H4,18,19,20,21,22);1H. The van der Waals surface area contributed by atoms with E-state index < -0.39 is 0 Å². The lowest BCUT2D eigenvalue weighted by atomic mass is 10.1. The van der Waals surface area contributed by atoms with E-state index in [1.807, 2.05) is 32.0 Å². The van der Waals surface area contributed by atoms with Gasteiger partial charge in [0.2, 0.25) is 0 Å². The Morgan fingerprint density at radius 2 is 1.91 bits per heavy atom. The summed E-state index contributed by atoms with van der Waals surface area (Å²) in [6.07, 6.45) is 8.40. The molecule has 0 aromatic heterocycles. The van der Waals surface area contributed by atoms with E-state index >= 15 is 0 Å². The number of halogens is 1. The predicted molar refractivity (Wildman–Crippen MR) is 97.6 cm³/mol. The third-order valence-corrected chi connectivity index (χ3v) is 3.82. The number of hydrogen-bond acceptors (Lipinski definition) is 2. The molecular weight excluding hydrogens is 312 g/mol. The largest absolute Gasteiger partial charge is 0.353 e. The van der Waals surface area contributed by atoms with Gasteiger partial charge in [0.15, 0.2) is 5.96 Å². The van der Waals surface area contributed by atoms with Crippen molar-refractivity contribution in [2.75, 3.05) is 5.32 Å². The number of allylic oxidation sites excluding steroid dienone is 1. The van der Waals surface area contributed by atoms with Crippen molar-refractivity contribution in [2.45, 2.75) is 45.6 Å². The molecule has 0 heterocycles. The average molecular weight is 337 g/mol. The first-order chi connectivity index (χ1) is 10.6. The fourth-order valence-corrected chi connectivity index (χ4v) is 2.62. The number of benzene rings is 1. The number of rotatable bonds is 2. The number of guanidine groups is 1. The molecule has 5 nitrogen and oxygen atoms in total. The second kappa shape index (κ2) is 9.20. The number of para-hydroxylation sites is 1. The van der Waals surface area contributed by atoms with Crippen molar-refractivity contribution in [2.24, 2.45) is 0 Å². The smallest absolute Gasteiger partial charge is 0.326 e. The van der Waals surface area contributed by atoms with E-state index in [1.54, 1.807) is 0 Å². The van der Waals surface area contributed by atoms with Gasteiger partial charge < -0.3 is 10.6 Å². The number of urea groups is 1. The Morgan fingerprint density at radius 3 is 2.61 bits per heavy atom. The molecule has 1 aliphatic rings. The maximum Gasteiger partial charge on any atom is 0.326 e. The third kappa shape index (κ3) is 5.94. The van der Waals surface area contributed by atoms with Crippen LogP contribution in [-0.4, -0.2) is 18.0 Å². The van der Waals surface area contributed by atoms with Crippen molar-refractivity contribution in [1.29, 1.82) is 5.41 Å². The summed E-state index contributed by atoms with van der Waals surface area (Å²) in [6.45, 7) is 3.90. The van der Waals surface area contributed by atoms with Crippen LogP contribution < -0.4 is 16.0 Å². The highest BCUT2D eigenvalue weighted by Gasteiger charge is 2.13. The fourth-order valence-electron chi connectivity index (χ4n) is 2.62. The van der Waals surface area contributed by atoms with Crippen molar-refractivity contribution in [3.63, 3.8) is 0 Å². The van der Waals surface area contributed by atoms with Gasteiger partial charge in [-0.1, -0.05) is 30.4 Å². The van der Waals surface area contributed by atoms with Gasteiger partial charge in [0, 0.05) is 11.7 Å². The minimum absolute atomic E-state index is 0. The highest BCUT2D eigenvalue weighted by atomic mass is 35.5. The van der Waals surface area contributed by atoms with E-state index in [0.717, 1.165) is 42.5 Å². The quantitative estimate of drug-likeness (QED) is 0.376. The molecule has 0 saturated carbocycles. The summed E-state index contributed by atoms with van der Waals surface area (Å²) in [5.41, 5.74) is 2.80. The SMILES string of the molecule is Cc1cccc(C)c1NC(=O)NC(=N)NC1CC=CCCC1.Cl. The number of nitrogens with one attached hydrogen (secondary N) is 4. The fraction of sp³-hybridized carbons (Fsp3) is 0.412. The molecule has 0 fully saturated rings. The number of carbonyl (C=O) groups excluding carboxylic acids is 1. The van der Waals surface area contributed by atoms with Crippen LogP contribution in [-0.2, 0) is 0 Å². The van der Waals surface area contributed by atoms with Crippen LogP contribution in [0.5, 0.6) is 0 Å². The second-order valence-corrected chi connectivity index (χ2v) is 5.70. The minimum Gasteiger partial charge on any atom is -0.353 e. The summed E-state index contributed by atoms with van der Waals surface area (Å²) in [5, 5.41) is 16.3. The van der Waals surface area contributed by atoms with Gasteiger partial charge in [-0.2, -0.15) is 0 Å². The summed E-state index contributed by atoms with van der Waals surface area (Å²) in [4.78, 5) is 12.0. The molecule has 0 spiro atoms. The molecule has 23 heavy (non-hydrogen) atoms. The number of anilines is 1.